The summed E-state index contributed by atoms with van der Waals surface area (Å²) < 4.78 is 0. The van der Waals surface area contributed by atoms with Crippen molar-refractivity contribution in [1.29, 1.82) is 0 Å². The molecule has 0 aliphatic carbocycles. The summed E-state index contributed by atoms with van der Waals surface area (Å²) in [6, 6.07) is 14.2. The van der Waals surface area contributed by atoms with E-state index in [1.165, 1.54) is 5.56 Å². The Morgan fingerprint density at radius 3 is 2.58 bits per heavy atom. The molecule has 2 aromatic rings. The highest BCUT2D eigenvalue weighted by molar-refractivity contribution is 7.80. The maximum atomic E-state index is 5.37. The molecule has 98 valence electrons. The van der Waals surface area contributed by atoms with Crippen LogP contribution >= 0.6 is 12.2 Å². The SMILES string of the molecule is CN(Cc1cccnc1)C(=S)NCc1ccccc1. The van der Waals surface area contributed by atoms with Gasteiger partial charge in [-0.2, -0.15) is 0 Å². The fourth-order valence-corrected chi connectivity index (χ4v) is 1.88. The molecule has 1 heterocycles. The summed E-state index contributed by atoms with van der Waals surface area (Å²) in [5.41, 5.74) is 2.37. The zero-order valence-corrected chi connectivity index (χ0v) is 11.7. The number of hydrogen-bond donors (Lipinski definition) is 1. The first-order valence-electron chi connectivity index (χ1n) is 6.17. The van der Waals surface area contributed by atoms with Crippen molar-refractivity contribution in [3.05, 3.63) is 66.0 Å². The standard InChI is InChI=1S/C15H17N3S/c1-18(12-14-8-5-9-16-10-14)15(19)17-11-13-6-3-2-4-7-13/h2-10H,11-12H2,1H3,(H,17,19). The van der Waals surface area contributed by atoms with Crippen molar-refractivity contribution in [2.45, 2.75) is 13.1 Å². The quantitative estimate of drug-likeness (QED) is 0.865. The van der Waals surface area contributed by atoms with Crippen molar-refractivity contribution in [3.8, 4) is 0 Å². The van der Waals surface area contributed by atoms with Gasteiger partial charge >= 0.3 is 0 Å². The van der Waals surface area contributed by atoms with Crippen LogP contribution in [0.15, 0.2) is 54.9 Å². The molecule has 0 bridgehead atoms. The molecule has 1 aromatic heterocycles. The number of nitrogens with zero attached hydrogens (tertiary/aromatic N) is 2. The van der Waals surface area contributed by atoms with Crippen molar-refractivity contribution < 1.29 is 0 Å². The van der Waals surface area contributed by atoms with E-state index < -0.39 is 0 Å². The fourth-order valence-electron chi connectivity index (χ4n) is 1.75. The zero-order chi connectivity index (χ0) is 13.5. The minimum Gasteiger partial charge on any atom is -0.358 e. The molecule has 0 aliphatic heterocycles. The van der Waals surface area contributed by atoms with E-state index in [1.54, 1.807) is 6.20 Å². The van der Waals surface area contributed by atoms with Gasteiger partial charge < -0.3 is 10.2 Å². The van der Waals surface area contributed by atoms with Crippen LogP contribution in [0.25, 0.3) is 0 Å². The normalized spacial score (nSPS) is 9.95. The highest BCUT2D eigenvalue weighted by Crippen LogP contribution is 2.02. The number of nitrogens with one attached hydrogen (secondary N) is 1. The van der Waals surface area contributed by atoms with Gasteiger partial charge in [-0.1, -0.05) is 36.4 Å². The predicted molar refractivity (Wildman–Crippen MR) is 81.6 cm³/mol. The van der Waals surface area contributed by atoms with Crippen molar-refractivity contribution in [2.75, 3.05) is 7.05 Å². The van der Waals surface area contributed by atoms with Crippen LogP contribution in [0.4, 0.5) is 0 Å². The predicted octanol–water partition coefficient (Wildman–Crippen LogP) is 2.59. The van der Waals surface area contributed by atoms with Crippen molar-refractivity contribution >= 4 is 17.3 Å². The van der Waals surface area contributed by atoms with E-state index in [2.05, 4.69) is 22.4 Å². The van der Waals surface area contributed by atoms with Crippen LogP contribution in [-0.2, 0) is 13.1 Å². The third kappa shape index (κ3) is 4.34. The minimum absolute atomic E-state index is 0.743. The van der Waals surface area contributed by atoms with Crippen LogP contribution < -0.4 is 5.32 Å². The fraction of sp³-hybridized carbons (Fsp3) is 0.200. The largest absolute Gasteiger partial charge is 0.358 e. The smallest absolute Gasteiger partial charge is 0.169 e. The van der Waals surface area contributed by atoms with Crippen molar-refractivity contribution in [1.82, 2.24) is 15.2 Å². The summed E-state index contributed by atoms with van der Waals surface area (Å²) in [6.07, 6.45) is 3.63. The number of pyridine rings is 1. The number of thiocarbonyl (C=S) groups is 1. The van der Waals surface area contributed by atoms with Gasteiger partial charge in [0.2, 0.25) is 0 Å². The average molecular weight is 271 g/mol. The number of aromatic nitrogens is 1. The van der Waals surface area contributed by atoms with Crippen LogP contribution in [-0.4, -0.2) is 22.0 Å². The van der Waals surface area contributed by atoms with E-state index in [0.717, 1.165) is 23.8 Å². The van der Waals surface area contributed by atoms with Gasteiger partial charge in [-0.3, -0.25) is 4.98 Å². The second-order valence-electron chi connectivity index (χ2n) is 4.36. The first-order valence-corrected chi connectivity index (χ1v) is 6.58. The molecule has 19 heavy (non-hydrogen) atoms. The van der Waals surface area contributed by atoms with Crippen LogP contribution in [0.2, 0.25) is 0 Å². The highest BCUT2D eigenvalue weighted by atomic mass is 32.1. The number of hydrogen-bond acceptors (Lipinski definition) is 2. The molecule has 1 aromatic carbocycles. The van der Waals surface area contributed by atoms with Crippen molar-refractivity contribution in [3.63, 3.8) is 0 Å². The van der Waals surface area contributed by atoms with E-state index in [1.807, 2.05) is 48.5 Å². The lowest BCUT2D eigenvalue weighted by Gasteiger charge is -2.21. The molecule has 0 aliphatic rings. The Bertz CT molecular complexity index is 513. The Kier molecular flexibility index (Phi) is 4.86. The lowest BCUT2D eigenvalue weighted by molar-refractivity contribution is 0.488. The Labute approximate surface area is 119 Å². The molecule has 0 saturated heterocycles. The molecule has 0 radical (unpaired) electrons. The topological polar surface area (TPSA) is 28.2 Å². The monoisotopic (exact) mass is 271 g/mol. The maximum absolute atomic E-state index is 5.37. The molecule has 0 amide bonds. The van der Waals surface area contributed by atoms with Gasteiger partial charge in [0, 0.05) is 32.5 Å². The Morgan fingerprint density at radius 2 is 1.89 bits per heavy atom. The second-order valence-corrected chi connectivity index (χ2v) is 4.75. The highest BCUT2D eigenvalue weighted by Gasteiger charge is 2.04. The second kappa shape index (κ2) is 6.85. The van der Waals surface area contributed by atoms with Gasteiger partial charge in [-0.15, -0.1) is 0 Å². The summed E-state index contributed by atoms with van der Waals surface area (Å²) in [5, 5.41) is 4.00. The van der Waals surface area contributed by atoms with E-state index in [-0.39, 0.29) is 0 Å². The summed E-state index contributed by atoms with van der Waals surface area (Å²) in [6.45, 7) is 1.51. The van der Waals surface area contributed by atoms with E-state index >= 15 is 0 Å². The molecule has 0 unspecified atom stereocenters. The summed E-state index contributed by atoms with van der Waals surface area (Å²) in [5.74, 6) is 0. The van der Waals surface area contributed by atoms with Gasteiger partial charge in [0.25, 0.3) is 0 Å². The Morgan fingerprint density at radius 1 is 1.16 bits per heavy atom. The Hall–Kier alpha value is -1.94. The molecule has 3 nitrogen and oxygen atoms in total. The average Bonchev–Trinajstić information content (AvgIpc) is 2.47. The van der Waals surface area contributed by atoms with Gasteiger partial charge in [-0.25, -0.2) is 0 Å². The molecular formula is C15H17N3S. The van der Waals surface area contributed by atoms with Gasteiger partial charge in [-0.05, 0) is 29.4 Å². The first-order chi connectivity index (χ1) is 9.25. The summed E-state index contributed by atoms with van der Waals surface area (Å²) >= 11 is 5.37. The molecule has 0 atom stereocenters. The van der Waals surface area contributed by atoms with E-state index in [0.29, 0.717) is 0 Å². The lowest BCUT2D eigenvalue weighted by atomic mass is 10.2. The molecule has 1 N–H and O–H groups in total. The molecule has 2 rings (SSSR count). The molecule has 0 fully saturated rings. The lowest BCUT2D eigenvalue weighted by Crippen LogP contribution is -2.36. The van der Waals surface area contributed by atoms with Gasteiger partial charge in [0.1, 0.15) is 0 Å². The van der Waals surface area contributed by atoms with E-state index in [4.69, 9.17) is 12.2 Å². The number of rotatable bonds is 4. The summed E-state index contributed by atoms with van der Waals surface area (Å²) in [4.78, 5) is 6.11. The van der Waals surface area contributed by atoms with Crippen LogP contribution in [0.5, 0.6) is 0 Å². The molecule has 4 heteroatoms. The van der Waals surface area contributed by atoms with Crippen LogP contribution in [0.3, 0.4) is 0 Å². The molecule has 0 spiro atoms. The van der Waals surface area contributed by atoms with Crippen molar-refractivity contribution in [2.24, 2.45) is 0 Å². The van der Waals surface area contributed by atoms with Crippen LogP contribution in [0, 0.1) is 0 Å². The van der Waals surface area contributed by atoms with Crippen LogP contribution in [0.1, 0.15) is 11.1 Å². The minimum atomic E-state index is 0.743. The van der Waals surface area contributed by atoms with E-state index in [9.17, 15) is 0 Å². The number of benzene rings is 1. The van der Waals surface area contributed by atoms with Gasteiger partial charge in [0.05, 0.1) is 0 Å². The molecular weight excluding hydrogens is 254 g/mol. The third-order valence-electron chi connectivity index (χ3n) is 2.78. The maximum Gasteiger partial charge on any atom is 0.169 e. The zero-order valence-electron chi connectivity index (χ0n) is 10.9. The summed E-state index contributed by atoms with van der Waals surface area (Å²) in [7, 11) is 1.98. The first kappa shape index (κ1) is 13.5. The molecule has 0 saturated carbocycles. The third-order valence-corrected chi connectivity index (χ3v) is 3.23. The van der Waals surface area contributed by atoms with Gasteiger partial charge in [0.15, 0.2) is 5.11 Å². The Balaban J connectivity index is 1.83.